The summed E-state index contributed by atoms with van der Waals surface area (Å²) in [6.07, 6.45) is -1.73. The summed E-state index contributed by atoms with van der Waals surface area (Å²) < 4.78 is 38.3. The van der Waals surface area contributed by atoms with E-state index in [-0.39, 0.29) is 6.54 Å². The van der Waals surface area contributed by atoms with Crippen molar-refractivity contribution in [2.75, 3.05) is 39.3 Å². The second-order valence-corrected chi connectivity index (χ2v) is 6.01. The molecule has 2 rings (SSSR count). The maximum Gasteiger partial charge on any atom is 0.399 e. The molecule has 19 heavy (non-hydrogen) atoms. The van der Waals surface area contributed by atoms with Crippen molar-refractivity contribution in [1.29, 1.82) is 0 Å². The van der Waals surface area contributed by atoms with Crippen LogP contribution in [0, 0.1) is 11.8 Å². The Morgan fingerprint density at radius 1 is 1.16 bits per heavy atom. The van der Waals surface area contributed by atoms with Crippen molar-refractivity contribution in [3.05, 3.63) is 0 Å². The highest BCUT2D eigenvalue weighted by Gasteiger charge is 2.42. The van der Waals surface area contributed by atoms with Gasteiger partial charge in [-0.2, -0.15) is 13.2 Å². The van der Waals surface area contributed by atoms with Crippen LogP contribution in [0.3, 0.4) is 0 Å². The zero-order valence-corrected chi connectivity index (χ0v) is 11.6. The lowest BCUT2D eigenvalue weighted by Crippen LogP contribution is -2.51. The lowest BCUT2D eigenvalue weighted by Gasteiger charge is -2.36. The van der Waals surface area contributed by atoms with E-state index in [1.807, 2.05) is 4.90 Å². The summed E-state index contributed by atoms with van der Waals surface area (Å²) >= 11 is 4.54. The molecule has 7 heteroatoms. The average molecular weight is 295 g/mol. The van der Waals surface area contributed by atoms with Crippen LogP contribution in [-0.4, -0.2) is 60.2 Å². The third-order valence-corrected chi connectivity index (χ3v) is 4.14. The summed E-state index contributed by atoms with van der Waals surface area (Å²) in [5.74, 6) is -0.858. The molecule has 2 N–H and O–H groups in total. The molecule has 0 aromatic heterocycles. The summed E-state index contributed by atoms with van der Waals surface area (Å²) in [5.41, 5.74) is 5.22. The summed E-state index contributed by atoms with van der Waals surface area (Å²) in [7, 11) is 0. The largest absolute Gasteiger partial charge is 0.399 e. The van der Waals surface area contributed by atoms with E-state index in [1.54, 1.807) is 0 Å². The van der Waals surface area contributed by atoms with Gasteiger partial charge in [0.2, 0.25) is 0 Å². The molecule has 0 amide bonds. The molecule has 1 saturated carbocycles. The molecule has 1 aliphatic heterocycles. The van der Waals surface area contributed by atoms with Gasteiger partial charge in [-0.15, -0.1) is 0 Å². The molecule has 0 aromatic carbocycles. The normalized spacial score (nSPS) is 24.4. The van der Waals surface area contributed by atoms with Gasteiger partial charge < -0.3 is 10.6 Å². The van der Waals surface area contributed by atoms with Gasteiger partial charge in [-0.3, -0.25) is 4.90 Å². The van der Waals surface area contributed by atoms with Gasteiger partial charge in [0.1, 0.15) is 5.92 Å². The summed E-state index contributed by atoms with van der Waals surface area (Å²) in [6.45, 7) is 4.03. The van der Waals surface area contributed by atoms with Crippen LogP contribution in [0.4, 0.5) is 13.2 Å². The monoisotopic (exact) mass is 295 g/mol. The van der Waals surface area contributed by atoms with Crippen LogP contribution in [0.25, 0.3) is 0 Å². The van der Waals surface area contributed by atoms with Crippen LogP contribution >= 0.6 is 12.2 Å². The van der Waals surface area contributed by atoms with Crippen molar-refractivity contribution in [2.24, 2.45) is 17.6 Å². The number of halogens is 3. The third-order valence-electron chi connectivity index (χ3n) is 3.86. The molecule has 110 valence electrons. The Labute approximate surface area is 116 Å². The number of thiocarbonyl (C=S) groups is 1. The number of rotatable bonds is 5. The van der Waals surface area contributed by atoms with E-state index in [1.165, 1.54) is 12.8 Å². The minimum atomic E-state index is -4.34. The first kappa shape index (κ1) is 15.0. The van der Waals surface area contributed by atoms with Crippen molar-refractivity contribution >= 4 is 17.2 Å². The number of nitrogens with two attached hydrogens (primary N) is 1. The van der Waals surface area contributed by atoms with E-state index >= 15 is 0 Å². The summed E-state index contributed by atoms with van der Waals surface area (Å²) in [6, 6.07) is 0. The average Bonchev–Trinajstić information content (AvgIpc) is 3.10. The molecule has 1 saturated heterocycles. The van der Waals surface area contributed by atoms with Gasteiger partial charge in [0.25, 0.3) is 0 Å². The highest BCUT2D eigenvalue weighted by molar-refractivity contribution is 7.80. The van der Waals surface area contributed by atoms with Gasteiger partial charge in [-0.05, 0) is 18.8 Å². The van der Waals surface area contributed by atoms with E-state index in [0.717, 1.165) is 25.6 Å². The van der Waals surface area contributed by atoms with Crippen LogP contribution < -0.4 is 5.73 Å². The van der Waals surface area contributed by atoms with E-state index in [9.17, 15) is 13.2 Å². The van der Waals surface area contributed by atoms with Crippen LogP contribution in [0.1, 0.15) is 12.8 Å². The van der Waals surface area contributed by atoms with E-state index in [2.05, 4.69) is 17.1 Å². The van der Waals surface area contributed by atoms with Gasteiger partial charge in [0.05, 0.1) is 4.99 Å². The zero-order chi connectivity index (χ0) is 14.0. The topological polar surface area (TPSA) is 32.5 Å². The van der Waals surface area contributed by atoms with Crippen molar-refractivity contribution < 1.29 is 13.2 Å². The predicted molar refractivity (Wildman–Crippen MR) is 71.9 cm³/mol. The van der Waals surface area contributed by atoms with Gasteiger partial charge in [0.15, 0.2) is 0 Å². The highest BCUT2D eigenvalue weighted by Crippen LogP contribution is 2.30. The molecule has 0 bridgehead atoms. The second kappa shape index (κ2) is 5.93. The fraction of sp³-hybridized carbons (Fsp3) is 0.917. The highest BCUT2D eigenvalue weighted by atomic mass is 32.1. The van der Waals surface area contributed by atoms with Crippen molar-refractivity contribution in [2.45, 2.75) is 19.0 Å². The maximum absolute atomic E-state index is 12.8. The molecule has 1 aliphatic carbocycles. The zero-order valence-electron chi connectivity index (χ0n) is 10.8. The number of alkyl halides is 3. The minimum Gasteiger partial charge on any atom is -0.393 e. The van der Waals surface area contributed by atoms with E-state index in [4.69, 9.17) is 5.73 Å². The quantitative estimate of drug-likeness (QED) is 0.779. The first-order valence-electron chi connectivity index (χ1n) is 6.67. The summed E-state index contributed by atoms with van der Waals surface area (Å²) in [4.78, 5) is 3.71. The van der Waals surface area contributed by atoms with Gasteiger partial charge in [0, 0.05) is 39.3 Å². The number of piperazine rings is 1. The van der Waals surface area contributed by atoms with Gasteiger partial charge >= 0.3 is 6.18 Å². The molecule has 2 fully saturated rings. The molecule has 1 atom stereocenters. The third kappa shape index (κ3) is 4.57. The first-order valence-corrected chi connectivity index (χ1v) is 7.08. The van der Waals surface area contributed by atoms with Crippen LogP contribution in [0.15, 0.2) is 0 Å². The molecular weight excluding hydrogens is 275 g/mol. The molecule has 2 aliphatic rings. The molecule has 0 radical (unpaired) electrons. The van der Waals surface area contributed by atoms with E-state index < -0.39 is 17.1 Å². The SMILES string of the molecule is NC(=S)C(CN1CCN(CC2CC2)CC1)C(F)(F)F. The first-order chi connectivity index (χ1) is 8.86. The lowest BCUT2D eigenvalue weighted by atomic mass is 10.1. The number of nitrogens with zero attached hydrogens (tertiary/aromatic N) is 2. The second-order valence-electron chi connectivity index (χ2n) is 5.54. The smallest absolute Gasteiger partial charge is 0.393 e. The Bertz CT molecular complexity index is 323. The molecule has 0 aromatic rings. The van der Waals surface area contributed by atoms with Crippen LogP contribution in [0.5, 0.6) is 0 Å². The predicted octanol–water partition coefficient (Wildman–Crippen LogP) is 1.48. The van der Waals surface area contributed by atoms with Crippen molar-refractivity contribution in [3.63, 3.8) is 0 Å². The Hall–Kier alpha value is -0.400. The Morgan fingerprint density at radius 2 is 1.68 bits per heavy atom. The van der Waals surface area contributed by atoms with Crippen molar-refractivity contribution in [3.8, 4) is 0 Å². The van der Waals surface area contributed by atoms with Crippen molar-refractivity contribution in [1.82, 2.24) is 9.80 Å². The Morgan fingerprint density at radius 3 is 2.11 bits per heavy atom. The van der Waals surface area contributed by atoms with Gasteiger partial charge in [-0.25, -0.2) is 0 Å². The molecule has 1 unspecified atom stereocenters. The molecule has 3 nitrogen and oxygen atoms in total. The van der Waals surface area contributed by atoms with Gasteiger partial charge in [-0.1, -0.05) is 12.2 Å². The Kier molecular flexibility index (Phi) is 4.68. The number of hydrogen-bond acceptors (Lipinski definition) is 3. The molecule has 0 spiro atoms. The van der Waals surface area contributed by atoms with Crippen LogP contribution in [0.2, 0.25) is 0 Å². The maximum atomic E-state index is 12.8. The standard InChI is InChI=1S/C12H20F3N3S/c13-12(14,15)10(11(16)19)8-18-5-3-17(4-6-18)7-9-1-2-9/h9-10H,1-8H2,(H2,16,19). The van der Waals surface area contributed by atoms with E-state index in [0.29, 0.717) is 13.1 Å². The number of hydrogen-bond donors (Lipinski definition) is 1. The Balaban J connectivity index is 1.78. The molecular formula is C12H20F3N3S. The fourth-order valence-corrected chi connectivity index (χ4v) is 2.64. The van der Waals surface area contributed by atoms with Crippen LogP contribution in [-0.2, 0) is 0 Å². The lowest BCUT2D eigenvalue weighted by molar-refractivity contribution is -0.160. The fourth-order valence-electron chi connectivity index (χ4n) is 2.43. The summed E-state index contributed by atoms with van der Waals surface area (Å²) in [5, 5.41) is 0. The molecule has 1 heterocycles. The minimum absolute atomic E-state index is 0.101.